The minimum absolute atomic E-state index is 0.0706. The molecule has 1 atom stereocenters. The zero-order chi connectivity index (χ0) is 29.9. The van der Waals surface area contributed by atoms with Crippen molar-refractivity contribution in [2.75, 3.05) is 52.4 Å². The normalized spacial score (nSPS) is 14.3. The van der Waals surface area contributed by atoms with Crippen molar-refractivity contribution in [1.29, 1.82) is 0 Å². The Kier molecular flexibility index (Phi) is 11.5. The molecule has 4 rings (SSSR count). The molecule has 1 saturated heterocycles. The Labute approximate surface area is 252 Å². The fourth-order valence-electron chi connectivity index (χ4n) is 4.91. The number of urea groups is 1. The standard InChI is InChI=1S/C32H41N3O6S/c1-5-40-28-11-7-6-10-27(28)33-32(37)35(20-25-9-8-18-41-25)22-31(36)34(21-26-14-12-23(2)42-26)17-16-24-13-15-29(38-3)30(19-24)39-4/h6-7,10-15,19,25H,5,8-9,16-18,20-22H2,1-4H3,(H,33,37). The summed E-state index contributed by atoms with van der Waals surface area (Å²) in [6.45, 7) is 6.29. The van der Waals surface area contributed by atoms with Gasteiger partial charge in [-0.05, 0) is 75.1 Å². The van der Waals surface area contributed by atoms with Gasteiger partial charge in [0.2, 0.25) is 5.91 Å². The summed E-state index contributed by atoms with van der Waals surface area (Å²) in [4.78, 5) is 33.2. The fraction of sp³-hybridized carbons (Fsp3) is 0.438. The van der Waals surface area contributed by atoms with Crippen LogP contribution in [0.2, 0.25) is 0 Å². The zero-order valence-corrected chi connectivity index (χ0v) is 25.7. The molecule has 9 nitrogen and oxygen atoms in total. The molecule has 3 aromatic rings. The predicted molar refractivity (Wildman–Crippen MR) is 165 cm³/mol. The van der Waals surface area contributed by atoms with Crippen LogP contribution in [0, 0.1) is 6.92 Å². The minimum Gasteiger partial charge on any atom is -0.493 e. The Morgan fingerprint density at radius 3 is 2.52 bits per heavy atom. The lowest BCUT2D eigenvalue weighted by Crippen LogP contribution is -2.47. The Balaban J connectivity index is 1.52. The first-order valence-corrected chi connectivity index (χ1v) is 15.1. The second-order valence-electron chi connectivity index (χ2n) is 10.1. The summed E-state index contributed by atoms with van der Waals surface area (Å²) in [6.07, 6.45) is 2.31. The number of para-hydroxylation sites is 2. The number of aryl methyl sites for hydroxylation is 1. The molecule has 3 amide bonds. The quantitative estimate of drug-likeness (QED) is 0.255. The Morgan fingerprint density at radius 2 is 1.83 bits per heavy atom. The fourth-order valence-corrected chi connectivity index (χ4v) is 5.82. The van der Waals surface area contributed by atoms with Gasteiger partial charge in [-0.15, -0.1) is 11.3 Å². The van der Waals surface area contributed by atoms with Crippen molar-refractivity contribution >= 4 is 29.0 Å². The highest BCUT2D eigenvalue weighted by atomic mass is 32.1. The zero-order valence-electron chi connectivity index (χ0n) is 24.9. The first-order chi connectivity index (χ1) is 20.4. The monoisotopic (exact) mass is 595 g/mol. The maximum atomic E-state index is 13.9. The number of benzene rings is 2. The molecule has 1 aromatic heterocycles. The van der Waals surface area contributed by atoms with Gasteiger partial charge in [0.05, 0.1) is 39.2 Å². The van der Waals surface area contributed by atoms with Crippen molar-refractivity contribution in [3.63, 3.8) is 0 Å². The molecule has 1 aliphatic heterocycles. The van der Waals surface area contributed by atoms with E-state index in [9.17, 15) is 9.59 Å². The van der Waals surface area contributed by atoms with E-state index in [1.165, 1.54) is 4.88 Å². The molecule has 10 heteroatoms. The van der Waals surface area contributed by atoms with Crippen LogP contribution >= 0.6 is 11.3 Å². The van der Waals surface area contributed by atoms with E-state index in [2.05, 4.69) is 24.4 Å². The molecule has 2 aromatic carbocycles. The van der Waals surface area contributed by atoms with Crippen LogP contribution in [0.1, 0.15) is 35.1 Å². The highest BCUT2D eigenvalue weighted by molar-refractivity contribution is 7.11. The number of rotatable bonds is 14. The summed E-state index contributed by atoms with van der Waals surface area (Å²) < 4.78 is 22.4. The average molecular weight is 596 g/mol. The first-order valence-electron chi connectivity index (χ1n) is 14.3. The number of hydrogen-bond acceptors (Lipinski definition) is 7. The van der Waals surface area contributed by atoms with Gasteiger partial charge in [-0.1, -0.05) is 18.2 Å². The Bertz CT molecular complexity index is 1320. The van der Waals surface area contributed by atoms with Gasteiger partial charge in [-0.25, -0.2) is 4.79 Å². The number of methoxy groups -OCH3 is 2. The van der Waals surface area contributed by atoms with Gasteiger partial charge in [0.25, 0.3) is 0 Å². The number of nitrogens with zero attached hydrogens (tertiary/aromatic N) is 2. The van der Waals surface area contributed by atoms with Gasteiger partial charge in [-0.3, -0.25) is 4.79 Å². The number of ether oxygens (including phenoxy) is 4. The third-order valence-corrected chi connectivity index (χ3v) is 8.09. The molecule has 1 N–H and O–H groups in total. The van der Waals surface area contributed by atoms with Gasteiger partial charge in [0.1, 0.15) is 12.3 Å². The molecule has 1 unspecified atom stereocenters. The summed E-state index contributed by atoms with van der Waals surface area (Å²) in [6, 6.07) is 16.8. The molecular formula is C32H41N3O6S. The molecule has 42 heavy (non-hydrogen) atoms. The van der Waals surface area contributed by atoms with Crippen molar-refractivity contribution < 1.29 is 28.5 Å². The van der Waals surface area contributed by atoms with Crippen molar-refractivity contribution in [3.05, 3.63) is 69.9 Å². The summed E-state index contributed by atoms with van der Waals surface area (Å²) >= 11 is 1.67. The van der Waals surface area contributed by atoms with E-state index >= 15 is 0 Å². The largest absolute Gasteiger partial charge is 0.493 e. The maximum Gasteiger partial charge on any atom is 0.322 e. The van der Waals surface area contributed by atoms with E-state index in [1.807, 2.05) is 48.2 Å². The van der Waals surface area contributed by atoms with E-state index in [1.54, 1.807) is 36.5 Å². The van der Waals surface area contributed by atoms with Crippen LogP contribution < -0.4 is 19.5 Å². The summed E-state index contributed by atoms with van der Waals surface area (Å²) in [7, 11) is 3.21. The van der Waals surface area contributed by atoms with E-state index in [0.29, 0.717) is 62.2 Å². The second kappa shape index (κ2) is 15.5. The minimum atomic E-state index is -0.363. The van der Waals surface area contributed by atoms with E-state index in [4.69, 9.17) is 18.9 Å². The summed E-state index contributed by atoms with van der Waals surface area (Å²) in [5.41, 5.74) is 1.59. The number of anilines is 1. The van der Waals surface area contributed by atoms with Crippen LogP contribution in [-0.4, -0.2) is 74.9 Å². The van der Waals surface area contributed by atoms with Gasteiger partial charge in [-0.2, -0.15) is 0 Å². The Hall–Kier alpha value is -3.76. The molecule has 0 aliphatic carbocycles. The molecule has 0 bridgehead atoms. The number of carbonyl (C=O) groups is 2. The molecule has 1 fully saturated rings. The number of carbonyl (C=O) groups excluding carboxylic acids is 2. The second-order valence-corrected chi connectivity index (χ2v) is 11.5. The molecule has 226 valence electrons. The molecule has 0 radical (unpaired) electrons. The third-order valence-electron chi connectivity index (χ3n) is 7.10. The van der Waals surface area contributed by atoms with Crippen LogP contribution in [-0.2, 0) is 22.5 Å². The van der Waals surface area contributed by atoms with Crippen molar-refractivity contribution in [1.82, 2.24) is 9.80 Å². The highest BCUT2D eigenvalue weighted by Crippen LogP contribution is 2.28. The summed E-state index contributed by atoms with van der Waals surface area (Å²) in [5.74, 6) is 1.76. The number of nitrogens with one attached hydrogen (secondary N) is 1. The number of hydrogen-bond donors (Lipinski definition) is 1. The summed E-state index contributed by atoms with van der Waals surface area (Å²) in [5, 5.41) is 2.96. The lowest BCUT2D eigenvalue weighted by molar-refractivity contribution is -0.132. The van der Waals surface area contributed by atoms with Crippen molar-refractivity contribution in [2.45, 2.75) is 45.8 Å². The molecule has 0 spiro atoms. The Morgan fingerprint density at radius 1 is 1.02 bits per heavy atom. The van der Waals surface area contributed by atoms with Crippen molar-refractivity contribution in [3.8, 4) is 17.2 Å². The predicted octanol–water partition coefficient (Wildman–Crippen LogP) is 5.76. The molecule has 1 aliphatic rings. The number of thiophene rings is 1. The maximum absolute atomic E-state index is 13.9. The van der Waals surface area contributed by atoms with Gasteiger partial charge < -0.3 is 34.1 Å². The van der Waals surface area contributed by atoms with Crippen LogP contribution in [0.5, 0.6) is 17.2 Å². The smallest absolute Gasteiger partial charge is 0.322 e. The van der Waals surface area contributed by atoms with Crippen molar-refractivity contribution in [2.24, 2.45) is 0 Å². The van der Waals surface area contributed by atoms with Gasteiger partial charge in [0.15, 0.2) is 11.5 Å². The van der Waals surface area contributed by atoms with Gasteiger partial charge >= 0.3 is 6.03 Å². The molecule has 0 saturated carbocycles. The molecular weight excluding hydrogens is 554 g/mol. The topological polar surface area (TPSA) is 89.6 Å². The SMILES string of the molecule is CCOc1ccccc1NC(=O)N(CC(=O)N(CCc1ccc(OC)c(OC)c1)Cc1ccc(C)s1)CC1CCCO1. The lowest BCUT2D eigenvalue weighted by atomic mass is 10.1. The van der Waals surface area contributed by atoms with E-state index in [-0.39, 0.29) is 24.6 Å². The van der Waals surface area contributed by atoms with Crippen LogP contribution in [0.4, 0.5) is 10.5 Å². The van der Waals surface area contributed by atoms with Gasteiger partial charge in [0, 0.05) is 29.5 Å². The lowest BCUT2D eigenvalue weighted by Gasteiger charge is -2.29. The van der Waals surface area contributed by atoms with E-state index in [0.717, 1.165) is 23.3 Å². The van der Waals surface area contributed by atoms with Crippen LogP contribution in [0.25, 0.3) is 0 Å². The van der Waals surface area contributed by atoms with Crippen LogP contribution in [0.3, 0.4) is 0 Å². The first kappa shape index (κ1) is 31.2. The highest BCUT2D eigenvalue weighted by Gasteiger charge is 2.27. The van der Waals surface area contributed by atoms with E-state index < -0.39 is 0 Å². The molecule has 2 heterocycles. The average Bonchev–Trinajstić information content (AvgIpc) is 3.67. The number of amides is 3. The van der Waals surface area contributed by atoms with Crippen LogP contribution in [0.15, 0.2) is 54.6 Å². The third kappa shape index (κ3) is 8.62.